The molecule has 2 heterocycles. The van der Waals surface area contributed by atoms with Crippen LogP contribution in [-0.4, -0.2) is 38.9 Å². The Morgan fingerprint density at radius 1 is 0.919 bits per heavy atom. The largest absolute Gasteiger partial charge is 0.377 e. The first-order valence-corrected chi connectivity index (χ1v) is 11.7. The van der Waals surface area contributed by atoms with Gasteiger partial charge in [0.05, 0.1) is 17.2 Å². The summed E-state index contributed by atoms with van der Waals surface area (Å²) in [5.41, 5.74) is 0.118. The number of aliphatic hydroxyl groups is 1. The number of likely N-dealkylation sites (tertiary alicyclic amines) is 1. The summed E-state index contributed by atoms with van der Waals surface area (Å²) in [5, 5.41) is 25.6. The fourth-order valence-electron chi connectivity index (χ4n) is 4.59. The molecule has 188 valence electrons. The topological polar surface area (TPSA) is 91.5 Å². The fourth-order valence-corrected chi connectivity index (χ4v) is 4.59. The molecule has 0 radical (unpaired) electrons. The number of pyridine rings is 1. The Morgan fingerprint density at radius 3 is 2.22 bits per heavy atom. The number of nitrogens with one attached hydrogen (secondary N) is 1. The highest BCUT2D eigenvalue weighted by atomic mass is 19.3. The average Bonchev–Trinajstić information content (AvgIpc) is 3.13. The Labute approximate surface area is 212 Å². The van der Waals surface area contributed by atoms with Crippen LogP contribution in [0, 0.1) is 10.1 Å². The molecule has 1 atom stereocenters. The Morgan fingerprint density at radius 2 is 1.57 bits per heavy atom. The zero-order valence-corrected chi connectivity index (χ0v) is 19.7. The molecule has 0 aliphatic carbocycles. The molecule has 0 spiro atoms. The first-order chi connectivity index (χ1) is 17.7. The summed E-state index contributed by atoms with van der Waals surface area (Å²) < 4.78 is 30.1. The second kappa shape index (κ2) is 9.68. The van der Waals surface area contributed by atoms with E-state index in [-0.39, 0.29) is 23.6 Å². The third kappa shape index (κ3) is 4.91. The van der Waals surface area contributed by atoms with Gasteiger partial charge < -0.3 is 10.4 Å². The Bertz CT molecular complexity index is 1400. The van der Waals surface area contributed by atoms with E-state index in [2.05, 4.69) is 10.3 Å². The summed E-state index contributed by atoms with van der Waals surface area (Å²) in [7, 11) is 0. The van der Waals surface area contributed by atoms with E-state index in [9.17, 15) is 15.2 Å². The van der Waals surface area contributed by atoms with Crippen molar-refractivity contribution >= 4 is 17.2 Å². The van der Waals surface area contributed by atoms with E-state index < -0.39 is 23.0 Å². The maximum atomic E-state index is 15.0. The lowest BCUT2D eigenvalue weighted by molar-refractivity contribution is -0.384. The van der Waals surface area contributed by atoms with Gasteiger partial charge in [-0.15, -0.1) is 0 Å². The molecule has 2 N–H and O–H groups in total. The molecule has 4 aromatic rings. The summed E-state index contributed by atoms with van der Waals surface area (Å²) in [4.78, 5) is 17.0. The number of hydrogen-bond donors (Lipinski definition) is 2. The van der Waals surface area contributed by atoms with Crippen molar-refractivity contribution in [1.29, 1.82) is 0 Å². The van der Waals surface area contributed by atoms with Gasteiger partial charge in [0.25, 0.3) is 5.92 Å². The molecule has 37 heavy (non-hydrogen) atoms. The van der Waals surface area contributed by atoms with Gasteiger partial charge in [0.1, 0.15) is 0 Å². The number of halogens is 2. The van der Waals surface area contributed by atoms with Crippen molar-refractivity contribution in [2.24, 2.45) is 0 Å². The van der Waals surface area contributed by atoms with E-state index in [4.69, 9.17) is 0 Å². The van der Waals surface area contributed by atoms with Gasteiger partial charge in [-0.2, -0.15) is 0 Å². The molecule has 0 amide bonds. The lowest BCUT2D eigenvalue weighted by atomic mass is 9.90. The number of nitrogens with zero attached hydrogens (tertiary/aromatic N) is 3. The summed E-state index contributed by atoms with van der Waals surface area (Å²) in [6.45, 7) is -0.500. The number of hydrogen-bond acceptors (Lipinski definition) is 6. The van der Waals surface area contributed by atoms with Gasteiger partial charge in [0, 0.05) is 30.4 Å². The number of benzene rings is 3. The van der Waals surface area contributed by atoms with Crippen LogP contribution in [0.1, 0.15) is 11.1 Å². The third-order valence-corrected chi connectivity index (χ3v) is 6.49. The minimum absolute atomic E-state index is 0.0260. The van der Waals surface area contributed by atoms with Crippen LogP contribution in [0.5, 0.6) is 0 Å². The van der Waals surface area contributed by atoms with E-state index in [1.165, 1.54) is 35.2 Å². The van der Waals surface area contributed by atoms with Crippen LogP contribution >= 0.6 is 0 Å². The van der Waals surface area contributed by atoms with Crippen LogP contribution in [0.25, 0.3) is 11.3 Å². The number of aromatic nitrogens is 1. The molecule has 1 aromatic heterocycles. The monoisotopic (exact) mass is 502 g/mol. The van der Waals surface area contributed by atoms with E-state index in [0.717, 1.165) is 11.1 Å². The highest BCUT2D eigenvalue weighted by Gasteiger charge is 2.60. The maximum Gasteiger partial charge on any atom is 0.311 e. The fraction of sp³-hybridized carbons (Fsp3) is 0.179. The molecular weight excluding hydrogens is 478 g/mol. The van der Waals surface area contributed by atoms with Crippen molar-refractivity contribution in [3.63, 3.8) is 0 Å². The lowest BCUT2D eigenvalue weighted by Gasteiger charge is -2.29. The Balaban J connectivity index is 1.38. The Hall–Kier alpha value is -4.21. The first kappa shape index (κ1) is 24.5. The molecule has 1 fully saturated rings. The number of anilines is 2. The average molecular weight is 503 g/mol. The van der Waals surface area contributed by atoms with Crippen molar-refractivity contribution in [2.45, 2.75) is 18.1 Å². The van der Waals surface area contributed by atoms with E-state index in [1.807, 2.05) is 60.7 Å². The van der Waals surface area contributed by atoms with Crippen LogP contribution < -0.4 is 5.32 Å². The van der Waals surface area contributed by atoms with Crippen LogP contribution in [0.2, 0.25) is 0 Å². The van der Waals surface area contributed by atoms with Gasteiger partial charge in [-0.3, -0.25) is 15.0 Å². The molecular formula is C28H24F2N4O3. The van der Waals surface area contributed by atoms with Gasteiger partial charge in [-0.1, -0.05) is 72.8 Å². The maximum absolute atomic E-state index is 15.0. The summed E-state index contributed by atoms with van der Waals surface area (Å²) in [6, 6.07) is 27.3. The summed E-state index contributed by atoms with van der Waals surface area (Å²) >= 11 is 0. The highest BCUT2D eigenvalue weighted by Crippen LogP contribution is 2.44. The summed E-state index contributed by atoms with van der Waals surface area (Å²) in [6.07, 6.45) is 0. The van der Waals surface area contributed by atoms with E-state index in [1.54, 1.807) is 6.07 Å². The quantitative estimate of drug-likeness (QED) is 0.247. The molecule has 0 bridgehead atoms. The van der Waals surface area contributed by atoms with Crippen LogP contribution in [0.4, 0.5) is 26.0 Å². The lowest BCUT2D eigenvalue weighted by Crippen LogP contribution is -2.44. The second-order valence-corrected chi connectivity index (χ2v) is 9.09. The molecule has 3 aromatic carbocycles. The SMILES string of the molecule is O=[N+]([O-])c1ccc(-c2ccccc2)nc1Nc1ccc(C2(O)CN(Cc3ccccc3)CC2(F)F)cc1. The van der Waals surface area contributed by atoms with Crippen molar-refractivity contribution in [1.82, 2.24) is 9.88 Å². The van der Waals surface area contributed by atoms with Crippen LogP contribution in [-0.2, 0) is 12.1 Å². The van der Waals surface area contributed by atoms with Gasteiger partial charge in [-0.25, -0.2) is 13.8 Å². The van der Waals surface area contributed by atoms with Gasteiger partial charge >= 0.3 is 5.69 Å². The van der Waals surface area contributed by atoms with Crippen molar-refractivity contribution < 1.29 is 18.8 Å². The number of nitro groups is 1. The van der Waals surface area contributed by atoms with Gasteiger partial charge in [0.15, 0.2) is 5.60 Å². The minimum Gasteiger partial charge on any atom is -0.377 e. The minimum atomic E-state index is -3.36. The molecule has 9 heteroatoms. The van der Waals surface area contributed by atoms with Crippen LogP contribution in [0.15, 0.2) is 97.1 Å². The smallest absolute Gasteiger partial charge is 0.311 e. The Kier molecular flexibility index (Phi) is 6.41. The number of β-amino-alcohol motifs (C(OH)–C–C–N with tert-alkyl or cyclic N) is 1. The van der Waals surface area contributed by atoms with Gasteiger partial charge in [0.2, 0.25) is 5.82 Å². The molecule has 1 aliphatic heterocycles. The number of alkyl halides is 2. The predicted octanol–water partition coefficient (Wildman–Crippen LogP) is 5.74. The molecule has 5 rings (SSSR count). The zero-order valence-electron chi connectivity index (χ0n) is 19.7. The van der Waals surface area contributed by atoms with Crippen molar-refractivity contribution in [3.05, 3.63) is 118 Å². The van der Waals surface area contributed by atoms with Crippen molar-refractivity contribution in [2.75, 3.05) is 18.4 Å². The summed E-state index contributed by atoms with van der Waals surface area (Å²) in [5.74, 6) is -3.33. The number of rotatable bonds is 7. The van der Waals surface area contributed by atoms with Gasteiger partial charge in [-0.05, 0) is 29.3 Å². The molecule has 0 saturated carbocycles. The molecule has 1 unspecified atom stereocenters. The standard InChI is InChI=1S/C28H24F2N4O3/c29-28(30)19-33(17-20-7-3-1-4-8-20)18-27(28,35)22-11-13-23(14-12-22)31-26-25(34(36)37)16-15-24(32-26)21-9-5-2-6-10-21/h1-16,35H,17-19H2,(H,31,32). The normalized spacial score (nSPS) is 19.0. The molecule has 1 saturated heterocycles. The predicted molar refractivity (Wildman–Crippen MR) is 137 cm³/mol. The second-order valence-electron chi connectivity index (χ2n) is 9.09. The van der Waals surface area contributed by atoms with E-state index >= 15 is 8.78 Å². The van der Waals surface area contributed by atoms with E-state index in [0.29, 0.717) is 17.9 Å². The third-order valence-electron chi connectivity index (χ3n) is 6.49. The van der Waals surface area contributed by atoms with Crippen molar-refractivity contribution in [3.8, 4) is 11.3 Å². The van der Waals surface area contributed by atoms with Crippen LogP contribution in [0.3, 0.4) is 0 Å². The highest BCUT2D eigenvalue weighted by molar-refractivity contribution is 5.71. The first-order valence-electron chi connectivity index (χ1n) is 11.7. The molecule has 7 nitrogen and oxygen atoms in total. The molecule has 1 aliphatic rings. The zero-order chi connectivity index (χ0) is 26.0.